The number of sulfonamides is 1. The lowest BCUT2D eigenvalue weighted by Gasteiger charge is -2.29. The Bertz CT molecular complexity index is 1010. The molecule has 0 unspecified atom stereocenters. The van der Waals surface area contributed by atoms with Gasteiger partial charge in [-0.3, -0.25) is 9.10 Å². The standard InChI is InChI=1S/C20H23N3O5S/c1-14(20(24)22-16-7-5-15(6-8-16)11-12-21)23(29(4,25)26)18-13-17(27-2)9-10-19(18)28-3/h5-10,13-14H,11H2,1-4H3,(H,22,24)/t14-/m1/s1. The van der Waals surface area contributed by atoms with Crippen LogP contribution >= 0.6 is 0 Å². The van der Waals surface area contributed by atoms with Gasteiger partial charge in [0.15, 0.2) is 0 Å². The van der Waals surface area contributed by atoms with Crippen LogP contribution in [0.15, 0.2) is 42.5 Å². The molecule has 0 saturated heterocycles. The molecule has 0 radical (unpaired) electrons. The first kappa shape index (κ1) is 22.0. The molecule has 8 nitrogen and oxygen atoms in total. The van der Waals surface area contributed by atoms with Crippen LogP contribution in [0.2, 0.25) is 0 Å². The highest BCUT2D eigenvalue weighted by atomic mass is 32.2. The van der Waals surface area contributed by atoms with Crippen molar-refractivity contribution in [1.82, 2.24) is 0 Å². The number of benzene rings is 2. The van der Waals surface area contributed by atoms with Crippen molar-refractivity contribution >= 4 is 27.3 Å². The van der Waals surface area contributed by atoms with Crippen LogP contribution in [-0.4, -0.2) is 40.8 Å². The lowest BCUT2D eigenvalue weighted by molar-refractivity contribution is -0.116. The average molecular weight is 417 g/mol. The Morgan fingerprint density at radius 1 is 1.17 bits per heavy atom. The molecule has 2 aromatic rings. The quantitative estimate of drug-likeness (QED) is 0.707. The second-order valence-electron chi connectivity index (χ2n) is 6.29. The van der Waals surface area contributed by atoms with Gasteiger partial charge in [-0.05, 0) is 36.8 Å². The third kappa shape index (κ3) is 5.39. The molecule has 0 aliphatic rings. The molecule has 0 aromatic heterocycles. The number of anilines is 2. The first-order valence-electron chi connectivity index (χ1n) is 8.69. The molecule has 1 N–H and O–H groups in total. The first-order chi connectivity index (χ1) is 13.7. The van der Waals surface area contributed by atoms with Gasteiger partial charge < -0.3 is 14.8 Å². The molecule has 2 rings (SSSR count). The predicted octanol–water partition coefficient (Wildman–Crippen LogP) is 2.56. The molecule has 0 aliphatic heterocycles. The minimum absolute atomic E-state index is 0.196. The van der Waals surface area contributed by atoms with Gasteiger partial charge in [0.05, 0.1) is 38.7 Å². The minimum Gasteiger partial charge on any atom is -0.497 e. The number of ether oxygens (including phenoxy) is 2. The number of nitrogens with zero attached hydrogens (tertiary/aromatic N) is 2. The highest BCUT2D eigenvalue weighted by Crippen LogP contribution is 2.35. The van der Waals surface area contributed by atoms with Gasteiger partial charge in [-0.15, -0.1) is 0 Å². The fraction of sp³-hybridized carbons (Fsp3) is 0.300. The van der Waals surface area contributed by atoms with Gasteiger partial charge in [0.1, 0.15) is 17.5 Å². The van der Waals surface area contributed by atoms with Crippen LogP contribution in [0.3, 0.4) is 0 Å². The molecule has 9 heteroatoms. The van der Waals surface area contributed by atoms with Gasteiger partial charge >= 0.3 is 0 Å². The summed E-state index contributed by atoms with van der Waals surface area (Å²) in [6.45, 7) is 1.49. The summed E-state index contributed by atoms with van der Waals surface area (Å²) in [6, 6.07) is 12.5. The fourth-order valence-electron chi connectivity index (χ4n) is 2.79. The smallest absolute Gasteiger partial charge is 0.247 e. The van der Waals surface area contributed by atoms with Crippen molar-refractivity contribution in [3.05, 3.63) is 48.0 Å². The van der Waals surface area contributed by atoms with Crippen molar-refractivity contribution in [3.8, 4) is 17.6 Å². The lowest BCUT2D eigenvalue weighted by Crippen LogP contribution is -2.45. The van der Waals surface area contributed by atoms with Crippen LogP contribution in [0.4, 0.5) is 11.4 Å². The largest absolute Gasteiger partial charge is 0.497 e. The molecule has 1 atom stereocenters. The molecule has 29 heavy (non-hydrogen) atoms. The van der Waals surface area contributed by atoms with Crippen molar-refractivity contribution < 1.29 is 22.7 Å². The Hall–Kier alpha value is -3.25. The van der Waals surface area contributed by atoms with Gasteiger partial charge in [0, 0.05) is 11.8 Å². The van der Waals surface area contributed by atoms with Gasteiger partial charge in [-0.1, -0.05) is 12.1 Å². The number of nitriles is 1. The second kappa shape index (κ2) is 9.30. The summed E-state index contributed by atoms with van der Waals surface area (Å²) in [5.74, 6) is 0.195. The van der Waals surface area contributed by atoms with Crippen LogP contribution in [0.1, 0.15) is 12.5 Å². The molecular weight excluding hydrogens is 394 g/mol. The van der Waals surface area contributed by atoms with Crippen molar-refractivity contribution in [3.63, 3.8) is 0 Å². The van der Waals surface area contributed by atoms with Crippen LogP contribution in [0, 0.1) is 11.3 Å². The van der Waals surface area contributed by atoms with E-state index in [4.69, 9.17) is 14.7 Å². The van der Waals surface area contributed by atoms with Gasteiger partial charge in [-0.25, -0.2) is 8.42 Å². The highest BCUT2D eigenvalue weighted by molar-refractivity contribution is 7.92. The zero-order chi connectivity index (χ0) is 21.6. The Morgan fingerprint density at radius 3 is 2.34 bits per heavy atom. The molecule has 0 heterocycles. The summed E-state index contributed by atoms with van der Waals surface area (Å²) < 4.78 is 36.5. The number of hydrogen-bond donors (Lipinski definition) is 1. The highest BCUT2D eigenvalue weighted by Gasteiger charge is 2.31. The van der Waals surface area contributed by atoms with Crippen LogP contribution < -0.4 is 19.1 Å². The van der Waals surface area contributed by atoms with E-state index in [9.17, 15) is 13.2 Å². The number of nitrogens with one attached hydrogen (secondary N) is 1. The molecule has 0 spiro atoms. The summed E-state index contributed by atoms with van der Waals surface area (Å²) in [6.07, 6.45) is 1.29. The molecule has 0 aliphatic carbocycles. The van der Waals surface area contributed by atoms with E-state index >= 15 is 0 Å². The maximum Gasteiger partial charge on any atom is 0.247 e. The van der Waals surface area contributed by atoms with Gasteiger partial charge in [0.25, 0.3) is 0 Å². The maximum absolute atomic E-state index is 12.8. The zero-order valence-electron chi connectivity index (χ0n) is 16.7. The summed E-state index contributed by atoms with van der Waals surface area (Å²) >= 11 is 0. The normalized spacial score (nSPS) is 11.8. The Balaban J connectivity index is 2.36. The second-order valence-corrected chi connectivity index (χ2v) is 8.15. The van der Waals surface area contributed by atoms with Crippen molar-refractivity contribution in [2.24, 2.45) is 0 Å². The van der Waals surface area contributed by atoms with E-state index in [0.717, 1.165) is 16.1 Å². The molecular formula is C20H23N3O5S. The van der Waals surface area contributed by atoms with Gasteiger partial charge in [-0.2, -0.15) is 5.26 Å². The molecule has 1 amide bonds. The van der Waals surface area contributed by atoms with Crippen LogP contribution in [-0.2, 0) is 21.2 Å². The molecule has 0 saturated carbocycles. The van der Waals surface area contributed by atoms with Crippen molar-refractivity contribution in [2.45, 2.75) is 19.4 Å². The van der Waals surface area contributed by atoms with Crippen LogP contribution in [0.25, 0.3) is 0 Å². The van der Waals surface area contributed by atoms with Crippen LogP contribution in [0.5, 0.6) is 11.5 Å². The maximum atomic E-state index is 12.8. The monoisotopic (exact) mass is 417 g/mol. The number of carbonyl (C=O) groups excluding carboxylic acids is 1. The van der Waals surface area contributed by atoms with Gasteiger partial charge in [0.2, 0.25) is 15.9 Å². The van der Waals surface area contributed by atoms with E-state index in [2.05, 4.69) is 5.32 Å². The fourth-order valence-corrected chi connectivity index (χ4v) is 3.96. The molecule has 0 fully saturated rings. The zero-order valence-corrected chi connectivity index (χ0v) is 17.5. The molecule has 154 valence electrons. The third-order valence-corrected chi connectivity index (χ3v) is 5.44. The minimum atomic E-state index is -3.83. The molecule has 0 bridgehead atoms. The topological polar surface area (TPSA) is 109 Å². The van der Waals surface area contributed by atoms with E-state index in [1.165, 1.54) is 27.2 Å². The number of rotatable bonds is 8. The SMILES string of the molecule is COc1ccc(OC)c(N([C@H](C)C(=O)Nc2ccc(CC#N)cc2)S(C)(=O)=O)c1. The van der Waals surface area contributed by atoms with Crippen molar-refractivity contribution in [1.29, 1.82) is 5.26 Å². The number of hydrogen-bond acceptors (Lipinski definition) is 6. The van der Waals surface area contributed by atoms with E-state index in [1.54, 1.807) is 36.4 Å². The average Bonchev–Trinajstić information content (AvgIpc) is 2.68. The number of carbonyl (C=O) groups is 1. The first-order valence-corrected chi connectivity index (χ1v) is 10.5. The van der Waals surface area contributed by atoms with E-state index < -0.39 is 22.0 Å². The summed E-state index contributed by atoms with van der Waals surface area (Å²) in [5.41, 5.74) is 1.51. The Morgan fingerprint density at radius 2 is 1.83 bits per heavy atom. The Kier molecular flexibility index (Phi) is 7.07. The summed E-state index contributed by atoms with van der Waals surface area (Å²) in [5, 5.41) is 11.4. The number of methoxy groups -OCH3 is 2. The van der Waals surface area contributed by atoms with Crippen molar-refractivity contribution in [2.75, 3.05) is 30.1 Å². The number of amides is 1. The van der Waals surface area contributed by atoms with E-state index in [-0.39, 0.29) is 17.9 Å². The third-order valence-electron chi connectivity index (χ3n) is 4.22. The lowest BCUT2D eigenvalue weighted by atomic mass is 10.1. The molecule has 2 aromatic carbocycles. The van der Waals surface area contributed by atoms with E-state index in [1.807, 2.05) is 6.07 Å². The Labute approximate surface area is 170 Å². The predicted molar refractivity (Wildman–Crippen MR) is 111 cm³/mol. The summed E-state index contributed by atoms with van der Waals surface area (Å²) in [7, 11) is -0.948. The van der Waals surface area contributed by atoms with E-state index in [0.29, 0.717) is 11.4 Å². The summed E-state index contributed by atoms with van der Waals surface area (Å²) in [4.78, 5) is 12.8.